The lowest BCUT2D eigenvalue weighted by molar-refractivity contribution is -0.122. The Balaban J connectivity index is 1.78. The van der Waals surface area contributed by atoms with Gasteiger partial charge in [0.2, 0.25) is 11.8 Å². The van der Waals surface area contributed by atoms with E-state index in [0.29, 0.717) is 27.2 Å². The fourth-order valence-corrected chi connectivity index (χ4v) is 3.14. The molecule has 1 fully saturated rings. The largest absolute Gasteiger partial charge is 0.495 e. The van der Waals surface area contributed by atoms with Crippen LogP contribution >= 0.6 is 23.2 Å². The maximum absolute atomic E-state index is 12.5. The first kappa shape index (κ1) is 17.6. The number of halogens is 2. The van der Waals surface area contributed by atoms with Crippen LogP contribution < -0.4 is 15.0 Å². The van der Waals surface area contributed by atoms with Gasteiger partial charge in [-0.1, -0.05) is 35.3 Å². The number of benzene rings is 2. The van der Waals surface area contributed by atoms with Crippen molar-refractivity contribution in [2.45, 2.75) is 6.42 Å². The lowest BCUT2D eigenvalue weighted by Gasteiger charge is -2.20. The molecule has 0 bridgehead atoms. The van der Waals surface area contributed by atoms with Crippen LogP contribution in [0.3, 0.4) is 0 Å². The summed E-state index contributed by atoms with van der Waals surface area (Å²) >= 11 is 12.1. The minimum atomic E-state index is -0.479. The molecule has 2 amide bonds. The number of carbonyl (C=O) groups excluding carboxylic acids is 2. The molecule has 130 valence electrons. The summed E-state index contributed by atoms with van der Waals surface area (Å²) in [5, 5.41) is 3.72. The van der Waals surface area contributed by atoms with E-state index in [1.165, 1.54) is 12.0 Å². The molecule has 0 aliphatic carbocycles. The molecule has 25 heavy (non-hydrogen) atoms. The van der Waals surface area contributed by atoms with Gasteiger partial charge >= 0.3 is 0 Å². The van der Waals surface area contributed by atoms with Crippen LogP contribution in [0, 0.1) is 5.92 Å². The van der Waals surface area contributed by atoms with E-state index in [1.54, 1.807) is 42.5 Å². The van der Waals surface area contributed by atoms with Crippen LogP contribution in [0.15, 0.2) is 42.5 Å². The van der Waals surface area contributed by atoms with Gasteiger partial charge in [-0.15, -0.1) is 0 Å². The van der Waals surface area contributed by atoms with Crippen molar-refractivity contribution in [3.63, 3.8) is 0 Å². The van der Waals surface area contributed by atoms with Crippen molar-refractivity contribution in [3.05, 3.63) is 52.5 Å². The molecule has 1 heterocycles. The van der Waals surface area contributed by atoms with Gasteiger partial charge in [0.25, 0.3) is 0 Å². The molecule has 1 saturated heterocycles. The monoisotopic (exact) mass is 378 g/mol. The van der Waals surface area contributed by atoms with Gasteiger partial charge in [-0.05, 0) is 30.3 Å². The van der Waals surface area contributed by atoms with E-state index >= 15 is 0 Å². The lowest BCUT2D eigenvalue weighted by Crippen LogP contribution is -2.28. The molecule has 0 saturated carbocycles. The number of ether oxygens (including phenoxy) is 1. The zero-order chi connectivity index (χ0) is 18.0. The second-order valence-electron chi connectivity index (χ2n) is 5.69. The van der Waals surface area contributed by atoms with Gasteiger partial charge < -0.3 is 15.0 Å². The number of para-hydroxylation sites is 1. The molecule has 1 aliphatic heterocycles. The van der Waals surface area contributed by atoms with Gasteiger partial charge in [-0.25, -0.2) is 0 Å². The molecule has 0 radical (unpaired) electrons. The number of anilines is 2. The molecule has 7 heteroatoms. The number of hydrogen-bond donors (Lipinski definition) is 1. The van der Waals surface area contributed by atoms with Gasteiger partial charge in [-0.3, -0.25) is 9.59 Å². The highest BCUT2D eigenvalue weighted by atomic mass is 35.5. The summed E-state index contributed by atoms with van der Waals surface area (Å²) in [6.07, 6.45) is 0.117. The van der Waals surface area contributed by atoms with Crippen molar-refractivity contribution < 1.29 is 14.3 Å². The van der Waals surface area contributed by atoms with Crippen LogP contribution in [0.2, 0.25) is 10.0 Å². The van der Waals surface area contributed by atoms with Crippen molar-refractivity contribution in [2.24, 2.45) is 5.92 Å². The number of nitrogens with one attached hydrogen (secondary N) is 1. The Hall–Kier alpha value is -2.24. The molecule has 1 atom stereocenters. The van der Waals surface area contributed by atoms with E-state index in [2.05, 4.69) is 5.32 Å². The molecule has 0 aromatic heterocycles. The zero-order valence-electron chi connectivity index (χ0n) is 13.5. The first-order chi connectivity index (χ1) is 12.0. The van der Waals surface area contributed by atoms with E-state index in [0.717, 1.165) is 0 Å². The number of carbonyl (C=O) groups is 2. The summed E-state index contributed by atoms with van der Waals surface area (Å²) in [6.45, 7) is 0.256. The maximum Gasteiger partial charge on any atom is 0.229 e. The molecule has 0 spiro atoms. The van der Waals surface area contributed by atoms with Gasteiger partial charge in [0, 0.05) is 18.0 Å². The molecular formula is C18H16Cl2N2O3. The predicted molar refractivity (Wildman–Crippen MR) is 98.5 cm³/mol. The van der Waals surface area contributed by atoms with E-state index in [9.17, 15) is 9.59 Å². The Kier molecular flexibility index (Phi) is 5.16. The van der Waals surface area contributed by atoms with E-state index < -0.39 is 5.92 Å². The average molecular weight is 379 g/mol. The Morgan fingerprint density at radius 1 is 1.24 bits per heavy atom. The zero-order valence-corrected chi connectivity index (χ0v) is 15.0. The highest BCUT2D eigenvalue weighted by Crippen LogP contribution is 2.35. The minimum Gasteiger partial charge on any atom is -0.495 e. The second-order valence-corrected chi connectivity index (χ2v) is 6.53. The third-order valence-corrected chi connectivity index (χ3v) is 4.62. The van der Waals surface area contributed by atoms with Crippen LogP contribution in [0.5, 0.6) is 5.75 Å². The van der Waals surface area contributed by atoms with Gasteiger partial charge in [-0.2, -0.15) is 0 Å². The quantitative estimate of drug-likeness (QED) is 0.874. The van der Waals surface area contributed by atoms with Crippen molar-refractivity contribution in [2.75, 3.05) is 23.9 Å². The van der Waals surface area contributed by atoms with Crippen molar-refractivity contribution in [3.8, 4) is 5.75 Å². The fraction of sp³-hybridized carbons (Fsp3) is 0.222. The maximum atomic E-state index is 12.5. The molecule has 1 N–H and O–H groups in total. The van der Waals surface area contributed by atoms with Crippen LogP contribution in [-0.2, 0) is 9.59 Å². The van der Waals surface area contributed by atoms with Crippen molar-refractivity contribution in [1.82, 2.24) is 0 Å². The van der Waals surface area contributed by atoms with Gasteiger partial charge in [0.05, 0.1) is 29.4 Å². The Bertz CT molecular complexity index is 826. The predicted octanol–water partition coefficient (Wildman–Crippen LogP) is 3.99. The minimum absolute atomic E-state index is 0.117. The summed E-state index contributed by atoms with van der Waals surface area (Å²) < 4.78 is 5.30. The summed E-state index contributed by atoms with van der Waals surface area (Å²) in [6, 6.07) is 12.0. The van der Waals surface area contributed by atoms with E-state index in [-0.39, 0.29) is 24.8 Å². The van der Waals surface area contributed by atoms with Gasteiger partial charge in [0.15, 0.2) is 0 Å². The molecule has 2 aromatic carbocycles. The lowest BCUT2D eigenvalue weighted by atomic mass is 10.1. The number of methoxy groups -OCH3 is 1. The first-order valence-electron chi connectivity index (χ1n) is 7.69. The second kappa shape index (κ2) is 7.33. The average Bonchev–Trinajstić information content (AvgIpc) is 2.98. The molecule has 2 aromatic rings. The third kappa shape index (κ3) is 3.72. The van der Waals surface area contributed by atoms with Crippen molar-refractivity contribution in [1.29, 1.82) is 0 Å². The van der Waals surface area contributed by atoms with Crippen LogP contribution in [0.1, 0.15) is 6.42 Å². The fourth-order valence-electron chi connectivity index (χ4n) is 2.79. The van der Waals surface area contributed by atoms with E-state index in [4.69, 9.17) is 27.9 Å². The summed E-state index contributed by atoms with van der Waals surface area (Å²) in [7, 11) is 1.52. The van der Waals surface area contributed by atoms with Gasteiger partial charge in [0.1, 0.15) is 5.75 Å². The Morgan fingerprint density at radius 3 is 2.72 bits per heavy atom. The molecular weight excluding hydrogens is 363 g/mol. The smallest absolute Gasteiger partial charge is 0.229 e. The number of nitrogens with zero attached hydrogens (tertiary/aromatic N) is 1. The SMILES string of the molecule is COc1ccc(Cl)cc1N1CC(C(=O)Nc2ccccc2Cl)CC1=O. The Labute approximate surface area is 155 Å². The van der Waals surface area contributed by atoms with Crippen molar-refractivity contribution >= 4 is 46.4 Å². The number of hydrogen-bond acceptors (Lipinski definition) is 3. The highest BCUT2D eigenvalue weighted by molar-refractivity contribution is 6.33. The molecule has 3 rings (SSSR count). The summed E-state index contributed by atoms with van der Waals surface area (Å²) in [5.74, 6) is -0.345. The normalized spacial score (nSPS) is 16.8. The molecule has 1 aliphatic rings. The number of rotatable bonds is 4. The molecule has 1 unspecified atom stereocenters. The van der Waals surface area contributed by atoms with Crippen LogP contribution in [-0.4, -0.2) is 25.5 Å². The molecule has 5 nitrogen and oxygen atoms in total. The first-order valence-corrected chi connectivity index (χ1v) is 8.44. The number of amides is 2. The van der Waals surface area contributed by atoms with Crippen LogP contribution in [0.4, 0.5) is 11.4 Å². The van der Waals surface area contributed by atoms with Crippen LogP contribution in [0.25, 0.3) is 0 Å². The highest BCUT2D eigenvalue weighted by Gasteiger charge is 2.36. The standard InChI is InChI=1S/C18H16Cl2N2O3/c1-25-16-7-6-12(19)9-15(16)22-10-11(8-17(22)23)18(24)21-14-5-3-2-4-13(14)20/h2-7,9,11H,8,10H2,1H3,(H,21,24). The third-order valence-electron chi connectivity index (χ3n) is 4.06. The topological polar surface area (TPSA) is 58.6 Å². The summed E-state index contributed by atoms with van der Waals surface area (Å²) in [4.78, 5) is 26.4. The Morgan fingerprint density at radius 2 is 2.00 bits per heavy atom. The summed E-state index contributed by atoms with van der Waals surface area (Å²) in [5.41, 5.74) is 1.09. The van der Waals surface area contributed by atoms with E-state index in [1.807, 2.05) is 0 Å².